The number of nitrogens with one attached hydrogen (secondary N) is 2. The van der Waals surface area contributed by atoms with Crippen LogP contribution in [0.4, 0.5) is 0 Å². The van der Waals surface area contributed by atoms with Gasteiger partial charge in [-0.2, -0.15) is 10.7 Å². The molecule has 4 aromatic rings. The summed E-state index contributed by atoms with van der Waals surface area (Å²) in [7, 11) is 0. The summed E-state index contributed by atoms with van der Waals surface area (Å²) in [6, 6.07) is 21.2. The van der Waals surface area contributed by atoms with Gasteiger partial charge in [0.2, 0.25) is 0 Å². The number of halogens is 1. The number of H-pyrrole nitrogens is 1. The second kappa shape index (κ2) is 11.7. The fourth-order valence-electron chi connectivity index (χ4n) is 4.61. The van der Waals surface area contributed by atoms with Crippen LogP contribution in [-0.4, -0.2) is 47.3 Å². The summed E-state index contributed by atoms with van der Waals surface area (Å²) in [5.41, 5.74) is 7.99. The van der Waals surface area contributed by atoms with Gasteiger partial charge in [0.05, 0.1) is 31.7 Å². The molecule has 0 bridgehead atoms. The summed E-state index contributed by atoms with van der Waals surface area (Å²) < 4.78 is 5.43. The van der Waals surface area contributed by atoms with Crippen LogP contribution >= 0.6 is 11.6 Å². The molecule has 190 valence electrons. The molecule has 1 saturated heterocycles. The SMILES string of the molecule is N#CCC(Cc1c[nH]c2ccccc12)NOc1cc(-c2ccc(CN3CCOCC3)c(Cl)c2)ccc1O. The number of morpholine rings is 1. The smallest absolute Gasteiger partial charge is 0.189 e. The number of phenols is 1. The molecule has 3 aromatic carbocycles. The number of aromatic hydroxyl groups is 1. The van der Waals surface area contributed by atoms with Gasteiger partial charge in [-0.3, -0.25) is 4.90 Å². The van der Waals surface area contributed by atoms with Gasteiger partial charge in [0.25, 0.3) is 0 Å². The van der Waals surface area contributed by atoms with Crippen LogP contribution in [0.5, 0.6) is 11.5 Å². The van der Waals surface area contributed by atoms with E-state index in [1.807, 2.05) is 48.7 Å². The lowest BCUT2D eigenvalue weighted by Crippen LogP contribution is -2.35. The summed E-state index contributed by atoms with van der Waals surface area (Å²) in [6.45, 7) is 4.08. The van der Waals surface area contributed by atoms with E-state index >= 15 is 0 Å². The molecular weight excluding hydrogens is 488 g/mol. The Bertz CT molecular complexity index is 1410. The van der Waals surface area contributed by atoms with E-state index in [0.29, 0.717) is 11.4 Å². The van der Waals surface area contributed by atoms with Crippen molar-refractivity contribution in [3.63, 3.8) is 0 Å². The van der Waals surface area contributed by atoms with Crippen LogP contribution < -0.4 is 10.3 Å². The largest absolute Gasteiger partial charge is 0.504 e. The van der Waals surface area contributed by atoms with Gasteiger partial charge in [0.15, 0.2) is 11.5 Å². The number of aromatic amines is 1. The van der Waals surface area contributed by atoms with E-state index in [0.717, 1.165) is 66.0 Å². The molecule has 5 rings (SSSR count). The topological polar surface area (TPSA) is 93.5 Å². The minimum atomic E-state index is -0.263. The Morgan fingerprint density at radius 3 is 2.68 bits per heavy atom. The minimum absolute atomic E-state index is 0.00841. The van der Waals surface area contributed by atoms with E-state index in [9.17, 15) is 10.4 Å². The fraction of sp³-hybridized carbons (Fsp3) is 0.276. The van der Waals surface area contributed by atoms with E-state index in [4.69, 9.17) is 21.2 Å². The molecule has 0 amide bonds. The van der Waals surface area contributed by atoms with Crippen LogP contribution in [0, 0.1) is 11.3 Å². The average molecular weight is 517 g/mol. The van der Waals surface area contributed by atoms with Crippen molar-refractivity contribution in [1.82, 2.24) is 15.4 Å². The van der Waals surface area contributed by atoms with Crippen molar-refractivity contribution >= 4 is 22.5 Å². The van der Waals surface area contributed by atoms with E-state index in [1.54, 1.807) is 12.1 Å². The van der Waals surface area contributed by atoms with Gasteiger partial charge in [-0.25, -0.2) is 0 Å². The highest BCUT2D eigenvalue weighted by Crippen LogP contribution is 2.33. The molecule has 7 nitrogen and oxygen atoms in total. The quantitative estimate of drug-likeness (QED) is 0.257. The standard InChI is InChI=1S/C29H29ClN4O3/c30-26-16-20(5-6-22(26)19-34-11-13-36-14-12-34)21-7-8-28(35)29(17-21)37-33-24(9-10-31)15-23-18-32-27-4-2-1-3-25(23)27/h1-8,16-18,24,32-33,35H,9,11-15,19H2. The number of fused-ring (bicyclic) bond motifs is 1. The first kappa shape index (κ1) is 25.1. The molecule has 8 heteroatoms. The average Bonchev–Trinajstić information content (AvgIpc) is 3.33. The molecule has 1 unspecified atom stereocenters. The Morgan fingerprint density at radius 2 is 1.86 bits per heavy atom. The predicted molar refractivity (Wildman–Crippen MR) is 144 cm³/mol. The third-order valence-electron chi connectivity index (χ3n) is 6.66. The van der Waals surface area contributed by atoms with Gasteiger partial charge in [0, 0.05) is 41.8 Å². The summed E-state index contributed by atoms with van der Waals surface area (Å²) in [5.74, 6) is 0.293. The number of para-hydroxylation sites is 1. The first-order chi connectivity index (χ1) is 18.1. The number of benzene rings is 3. The lowest BCUT2D eigenvalue weighted by molar-refractivity contribution is 0.0342. The van der Waals surface area contributed by atoms with Crippen LogP contribution in [-0.2, 0) is 17.7 Å². The Hall–Kier alpha value is -3.54. The lowest BCUT2D eigenvalue weighted by atomic mass is 10.0. The number of rotatable bonds is 9. The molecule has 37 heavy (non-hydrogen) atoms. The molecular formula is C29H29ClN4O3. The first-order valence-corrected chi connectivity index (χ1v) is 12.7. The second-order valence-corrected chi connectivity index (χ2v) is 9.63. The highest BCUT2D eigenvalue weighted by molar-refractivity contribution is 6.31. The second-order valence-electron chi connectivity index (χ2n) is 9.22. The van der Waals surface area contributed by atoms with Crippen molar-refractivity contribution in [3.8, 4) is 28.7 Å². The van der Waals surface area contributed by atoms with E-state index in [2.05, 4.69) is 27.5 Å². The van der Waals surface area contributed by atoms with Gasteiger partial charge in [-0.1, -0.05) is 48.0 Å². The van der Waals surface area contributed by atoms with Crippen molar-refractivity contribution in [2.75, 3.05) is 26.3 Å². The molecule has 3 N–H and O–H groups in total. The van der Waals surface area contributed by atoms with Crippen molar-refractivity contribution in [1.29, 1.82) is 5.26 Å². The van der Waals surface area contributed by atoms with E-state index in [-0.39, 0.29) is 24.0 Å². The van der Waals surface area contributed by atoms with Crippen LogP contribution in [0.15, 0.2) is 66.9 Å². The molecule has 1 aromatic heterocycles. The van der Waals surface area contributed by atoms with Gasteiger partial charge >= 0.3 is 0 Å². The van der Waals surface area contributed by atoms with Gasteiger partial charge in [-0.15, -0.1) is 0 Å². The number of phenolic OH excluding ortho intramolecular Hbond substituents is 1. The maximum atomic E-state index is 10.4. The monoisotopic (exact) mass is 516 g/mol. The van der Waals surface area contributed by atoms with E-state index < -0.39 is 0 Å². The normalized spacial score (nSPS) is 14.9. The first-order valence-electron chi connectivity index (χ1n) is 12.4. The number of hydrogen-bond donors (Lipinski definition) is 3. The molecule has 0 saturated carbocycles. The zero-order valence-corrected chi connectivity index (χ0v) is 21.2. The minimum Gasteiger partial charge on any atom is -0.504 e. The van der Waals surface area contributed by atoms with Crippen LogP contribution in [0.25, 0.3) is 22.0 Å². The number of hydrogen-bond acceptors (Lipinski definition) is 6. The lowest BCUT2D eigenvalue weighted by Gasteiger charge is -2.27. The van der Waals surface area contributed by atoms with Gasteiger partial charge < -0.3 is 19.7 Å². The number of hydroxylamine groups is 1. The number of ether oxygens (including phenoxy) is 1. The van der Waals surface area contributed by atoms with Crippen molar-refractivity contribution in [2.45, 2.75) is 25.4 Å². The number of aromatic nitrogens is 1. The fourth-order valence-corrected chi connectivity index (χ4v) is 4.85. The summed E-state index contributed by atoms with van der Waals surface area (Å²) in [5, 5.41) is 21.6. The molecule has 0 aliphatic carbocycles. The highest BCUT2D eigenvalue weighted by Gasteiger charge is 2.16. The number of nitriles is 1. The molecule has 2 heterocycles. The molecule has 1 atom stereocenters. The highest BCUT2D eigenvalue weighted by atomic mass is 35.5. The molecule has 1 fully saturated rings. The van der Waals surface area contributed by atoms with Crippen LogP contribution in [0.2, 0.25) is 5.02 Å². The van der Waals surface area contributed by atoms with Crippen molar-refractivity contribution < 1.29 is 14.7 Å². The maximum Gasteiger partial charge on any atom is 0.189 e. The molecule has 0 radical (unpaired) electrons. The summed E-state index contributed by atoms with van der Waals surface area (Å²) in [6.07, 6.45) is 2.81. The number of nitrogens with zero attached hydrogens (tertiary/aromatic N) is 2. The van der Waals surface area contributed by atoms with Gasteiger partial charge in [0.1, 0.15) is 0 Å². The Balaban J connectivity index is 1.28. The van der Waals surface area contributed by atoms with Crippen molar-refractivity contribution in [3.05, 3.63) is 83.0 Å². The van der Waals surface area contributed by atoms with Crippen molar-refractivity contribution in [2.24, 2.45) is 0 Å². The Labute approximate surface area is 221 Å². The zero-order chi connectivity index (χ0) is 25.6. The van der Waals surface area contributed by atoms with Gasteiger partial charge in [-0.05, 0) is 52.9 Å². The third kappa shape index (κ3) is 6.07. The maximum absolute atomic E-state index is 10.4. The van der Waals surface area contributed by atoms with Crippen LogP contribution in [0.1, 0.15) is 17.5 Å². The predicted octanol–water partition coefficient (Wildman–Crippen LogP) is 5.43. The van der Waals surface area contributed by atoms with Crippen LogP contribution in [0.3, 0.4) is 0 Å². The molecule has 0 spiro atoms. The Kier molecular flexibility index (Phi) is 7.93. The zero-order valence-electron chi connectivity index (χ0n) is 20.4. The molecule has 1 aliphatic rings. The third-order valence-corrected chi connectivity index (χ3v) is 7.01. The summed E-state index contributed by atoms with van der Waals surface area (Å²) in [4.78, 5) is 11.4. The Morgan fingerprint density at radius 1 is 1.08 bits per heavy atom. The van der Waals surface area contributed by atoms with E-state index in [1.165, 1.54) is 0 Å². The summed E-state index contributed by atoms with van der Waals surface area (Å²) >= 11 is 6.63. The molecule has 1 aliphatic heterocycles.